The summed E-state index contributed by atoms with van der Waals surface area (Å²) in [7, 11) is 0. The van der Waals surface area contributed by atoms with Gasteiger partial charge in [0.1, 0.15) is 11.2 Å². The number of hydrogen-bond acceptors (Lipinski definition) is 3. The van der Waals surface area contributed by atoms with Gasteiger partial charge in [0.2, 0.25) is 0 Å². The summed E-state index contributed by atoms with van der Waals surface area (Å²) < 4.78 is 9.15. The molecule has 0 amide bonds. The summed E-state index contributed by atoms with van der Waals surface area (Å²) in [6.45, 7) is 0. The van der Waals surface area contributed by atoms with E-state index in [9.17, 15) is 0 Å². The van der Waals surface area contributed by atoms with Gasteiger partial charge in [-0.15, -0.1) is 11.3 Å². The molecular formula is C44H25NOS. The molecule has 1 aliphatic carbocycles. The number of hydrogen-bond donors (Lipinski definition) is 0. The first-order chi connectivity index (χ1) is 23.3. The van der Waals surface area contributed by atoms with Gasteiger partial charge < -0.3 is 9.32 Å². The molecule has 0 spiro atoms. The van der Waals surface area contributed by atoms with Crippen LogP contribution in [-0.4, -0.2) is 0 Å². The summed E-state index contributed by atoms with van der Waals surface area (Å²) in [6, 6.07) is 55.2. The fraction of sp³-hybridized carbons (Fsp3) is 0. The molecule has 218 valence electrons. The number of nitrogens with zero attached hydrogens (tertiary/aromatic N) is 1. The molecule has 0 fully saturated rings. The predicted octanol–water partition coefficient (Wildman–Crippen LogP) is 13.4. The van der Waals surface area contributed by atoms with E-state index >= 15 is 0 Å². The molecule has 1 aliphatic rings. The van der Waals surface area contributed by atoms with Crippen LogP contribution in [0.4, 0.5) is 17.1 Å². The van der Waals surface area contributed by atoms with E-state index in [0.29, 0.717) is 0 Å². The van der Waals surface area contributed by atoms with Gasteiger partial charge in [-0.05, 0) is 99.1 Å². The molecule has 3 heteroatoms. The van der Waals surface area contributed by atoms with Crippen molar-refractivity contribution in [2.75, 3.05) is 4.90 Å². The summed E-state index contributed by atoms with van der Waals surface area (Å²) in [5, 5.41) is 10.2. The van der Waals surface area contributed by atoms with Gasteiger partial charge in [0.25, 0.3) is 0 Å². The molecule has 10 aromatic rings. The van der Waals surface area contributed by atoms with Crippen molar-refractivity contribution in [1.82, 2.24) is 0 Å². The van der Waals surface area contributed by atoms with E-state index in [-0.39, 0.29) is 0 Å². The first-order valence-electron chi connectivity index (χ1n) is 16.0. The Balaban J connectivity index is 1.21. The van der Waals surface area contributed by atoms with Gasteiger partial charge in [-0.25, -0.2) is 0 Å². The van der Waals surface area contributed by atoms with Crippen LogP contribution in [-0.2, 0) is 0 Å². The van der Waals surface area contributed by atoms with Crippen LogP contribution in [0.5, 0.6) is 0 Å². The van der Waals surface area contributed by atoms with Crippen LogP contribution in [0.2, 0.25) is 0 Å². The zero-order valence-electron chi connectivity index (χ0n) is 25.2. The Morgan fingerprint density at radius 2 is 1.13 bits per heavy atom. The first-order valence-corrected chi connectivity index (χ1v) is 16.8. The maximum absolute atomic E-state index is 6.51. The summed E-state index contributed by atoms with van der Waals surface area (Å²) >= 11 is 1.89. The first kappa shape index (κ1) is 25.3. The standard InChI is InChI=1S/C44H25NOS/c1-2-11-30(12-3-1)45(32-19-16-26-8-4-5-9-28(26)24-32)31-13-6-10-29(25-31)33-20-23-38-44-40(33)34-14-7-15-35-41(34)42-36(46-35)21-17-27-18-22-37(47-38)43(44)39(27)42/h1-25H. The minimum Gasteiger partial charge on any atom is -0.456 e. The lowest BCUT2D eigenvalue weighted by molar-refractivity contribution is 0.669. The van der Waals surface area contributed by atoms with Crippen molar-refractivity contribution >= 4 is 92.1 Å². The van der Waals surface area contributed by atoms with Gasteiger partial charge in [0, 0.05) is 53.4 Å². The van der Waals surface area contributed by atoms with Gasteiger partial charge in [-0.1, -0.05) is 91.0 Å². The molecule has 0 unspecified atom stereocenters. The number of rotatable bonds is 4. The van der Waals surface area contributed by atoms with Crippen LogP contribution in [0.3, 0.4) is 0 Å². The zero-order chi connectivity index (χ0) is 30.6. The van der Waals surface area contributed by atoms with E-state index in [1.165, 1.54) is 74.7 Å². The molecule has 0 aliphatic heterocycles. The minimum absolute atomic E-state index is 0.944. The third kappa shape index (κ3) is 3.49. The average molecular weight is 616 g/mol. The highest BCUT2D eigenvalue weighted by Crippen LogP contribution is 2.54. The molecular weight excluding hydrogens is 591 g/mol. The highest BCUT2D eigenvalue weighted by Gasteiger charge is 2.26. The van der Waals surface area contributed by atoms with Crippen LogP contribution in [0.1, 0.15) is 0 Å². The SMILES string of the molecule is c1ccc(N(c2cccc(-c3ccc4sc5ccc6ccc7oc8cccc9c8c7c6c5c4c3-9)c2)c2ccc3ccccc3c2)cc1. The molecule has 0 saturated carbocycles. The maximum atomic E-state index is 6.51. The van der Waals surface area contributed by atoms with Gasteiger partial charge in [0.15, 0.2) is 0 Å². The Kier molecular flexibility index (Phi) is 5.02. The van der Waals surface area contributed by atoms with Crippen LogP contribution >= 0.6 is 11.3 Å². The Hall–Kier alpha value is -5.90. The molecule has 8 aromatic carbocycles. The summed E-state index contributed by atoms with van der Waals surface area (Å²) in [5.74, 6) is 0. The second-order valence-corrected chi connectivity index (χ2v) is 13.6. The van der Waals surface area contributed by atoms with E-state index in [0.717, 1.165) is 28.2 Å². The average Bonchev–Trinajstić information content (AvgIpc) is 3.66. The fourth-order valence-corrected chi connectivity index (χ4v) is 9.08. The van der Waals surface area contributed by atoms with Crippen LogP contribution in [0, 0.1) is 0 Å². The Bertz CT molecular complexity index is 2910. The molecule has 11 rings (SSSR count). The lowest BCUT2D eigenvalue weighted by Gasteiger charge is -2.26. The highest BCUT2D eigenvalue weighted by molar-refractivity contribution is 7.26. The van der Waals surface area contributed by atoms with Crippen molar-refractivity contribution in [2.45, 2.75) is 0 Å². The van der Waals surface area contributed by atoms with Crippen molar-refractivity contribution in [3.8, 4) is 22.3 Å². The number of anilines is 3. The Morgan fingerprint density at radius 3 is 2.06 bits per heavy atom. The minimum atomic E-state index is 0.944. The molecule has 47 heavy (non-hydrogen) atoms. The lowest BCUT2D eigenvalue weighted by Crippen LogP contribution is -2.09. The van der Waals surface area contributed by atoms with Crippen molar-refractivity contribution in [3.63, 3.8) is 0 Å². The molecule has 2 heterocycles. The van der Waals surface area contributed by atoms with E-state index in [2.05, 4.69) is 157 Å². The number of furan rings is 1. The molecule has 0 radical (unpaired) electrons. The van der Waals surface area contributed by atoms with Crippen LogP contribution in [0.15, 0.2) is 156 Å². The molecule has 2 aromatic heterocycles. The van der Waals surface area contributed by atoms with E-state index in [1.54, 1.807) is 0 Å². The summed E-state index contributed by atoms with van der Waals surface area (Å²) in [4.78, 5) is 2.37. The van der Waals surface area contributed by atoms with Crippen LogP contribution < -0.4 is 4.90 Å². The molecule has 2 nitrogen and oxygen atoms in total. The van der Waals surface area contributed by atoms with Gasteiger partial charge in [0.05, 0.1) is 0 Å². The smallest absolute Gasteiger partial charge is 0.136 e. The topological polar surface area (TPSA) is 16.4 Å². The van der Waals surface area contributed by atoms with Gasteiger partial charge in [-0.2, -0.15) is 0 Å². The number of thiophene rings is 1. The predicted molar refractivity (Wildman–Crippen MR) is 201 cm³/mol. The molecule has 0 bridgehead atoms. The monoisotopic (exact) mass is 615 g/mol. The van der Waals surface area contributed by atoms with E-state index in [4.69, 9.17) is 4.42 Å². The number of para-hydroxylation sites is 1. The van der Waals surface area contributed by atoms with Crippen molar-refractivity contribution in [3.05, 3.63) is 152 Å². The summed E-state index contributed by atoms with van der Waals surface area (Å²) in [6.07, 6.45) is 0. The van der Waals surface area contributed by atoms with Crippen molar-refractivity contribution in [1.29, 1.82) is 0 Å². The largest absolute Gasteiger partial charge is 0.456 e. The maximum Gasteiger partial charge on any atom is 0.136 e. The second kappa shape index (κ2) is 9.32. The van der Waals surface area contributed by atoms with Gasteiger partial charge >= 0.3 is 0 Å². The third-order valence-electron chi connectivity index (χ3n) is 9.93. The number of benzene rings is 8. The third-order valence-corrected chi connectivity index (χ3v) is 11.1. The lowest BCUT2D eigenvalue weighted by atomic mass is 9.90. The highest BCUT2D eigenvalue weighted by atomic mass is 32.1. The normalized spacial score (nSPS) is 12.3. The summed E-state index contributed by atoms with van der Waals surface area (Å²) in [5.41, 5.74) is 10.2. The van der Waals surface area contributed by atoms with Crippen molar-refractivity contribution in [2.24, 2.45) is 0 Å². The Morgan fingerprint density at radius 1 is 0.404 bits per heavy atom. The Labute approximate surface area is 274 Å². The van der Waals surface area contributed by atoms with Crippen molar-refractivity contribution < 1.29 is 4.42 Å². The molecule has 0 N–H and O–H groups in total. The molecule has 0 atom stereocenters. The number of fused-ring (bicyclic) bond motifs is 2. The van der Waals surface area contributed by atoms with E-state index < -0.39 is 0 Å². The fourth-order valence-electron chi connectivity index (χ4n) is 7.96. The van der Waals surface area contributed by atoms with E-state index in [1.807, 2.05) is 11.3 Å². The van der Waals surface area contributed by atoms with Gasteiger partial charge in [-0.3, -0.25) is 0 Å². The zero-order valence-corrected chi connectivity index (χ0v) is 26.0. The molecule has 0 saturated heterocycles. The quantitative estimate of drug-likeness (QED) is 0.196. The second-order valence-electron chi connectivity index (χ2n) is 12.5. The van der Waals surface area contributed by atoms with Crippen LogP contribution in [0.25, 0.3) is 85.9 Å².